The van der Waals surface area contributed by atoms with Crippen molar-refractivity contribution in [1.29, 1.82) is 0 Å². The summed E-state index contributed by atoms with van der Waals surface area (Å²) in [6.45, 7) is 2.05. The maximum absolute atomic E-state index is 4.51. The lowest BCUT2D eigenvalue weighted by atomic mass is 9.91. The Morgan fingerprint density at radius 3 is 2.76 bits per heavy atom. The first-order valence-electron chi connectivity index (χ1n) is 7.35. The minimum Gasteiger partial charge on any atom is -0.356 e. The predicted molar refractivity (Wildman–Crippen MR) is 82.3 cm³/mol. The van der Waals surface area contributed by atoms with Crippen LogP contribution in [0.2, 0.25) is 0 Å². The van der Waals surface area contributed by atoms with Crippen molar-refractivity contribution in [2.45, 2.75) is 18.8 Å². The third-order valence-corrected chi connectivity index (χ3v) is 4.31. The van der Waals surface area contributed by atoms with Crippen molar-refractivity contribution in [3.8, 4) is 0 Å². The van der Waals surface area contributed by atoms with Gasteiger partial charge in [-0.05, 0) is 36.5 Å². The highest BCUT2D eigenvalue weighted by atomic mass is 15.2. The zero-order valence-electron chi connectivity index (χ0n) is 11.7. The molecule has 106 valence electrons. The lowest BCUT2D eigenvalue weighted by molar-refractivity contribution is 0.503. The van der Waals surface area contributed by atoms with Crippen LogP contribution in [0, 0.1) is 0 Å². The average Bonchev–Trinajstić information content (AvgIpc) is 3.09. The number of hydrogen-bond donors (Lipinski definition) is 1. The van der Waals surface area contributed by atoms with Gasteiger partial charge in [0, 0.05) is 24.7 Å². The second-order valence-corrected chi connectivity index (χ2v) is 5.51. The van der Waals surface area contributed by atoms with Gasteiger partial charge in [0.25, 0.3) is 0 Å². The lowest BCUT2D eigenvalue weighted by Gasteiger charge is -2.32. The minimum absolute atomic E-state index is 0.605. The molecular weight excluding hydrogens is 262 g/mol. The summed E-state index contributed by atoms with van der Waals surface area (Å²) in [6, 6.07) is 8.21. The van der Waals surface area contributed by atoms with Gasteiger partial charge in [-0.1, -0.05) is 12.1 Å². The summed E-state index contributed by atoms with van der Waals surface area (Å²) in [5.74, 6) is 1.67. The number of nitrogens with zero attached hydrogens (tertiary/aromatic N) is 4. The fourth-order valence-electron chi connectivity index (χ4n) is 3.15. The molecule has 5 nitrogen and oxygen atoms in total. The zero-order valence-corrected chi connectivity index (χ0v) is 11.7. The predicted octanol–water partition coefficient (Wildman–Crippen LogP) is 2.74. The summed E-state index contributed by atoms with van der Waals surface area (Å²) in [7, 11) is 0. The van der Waals surface area contributed by atoms with Crippen molar-refractivity contribution in [3.63, 3.8) is 0 Å². The SMILES string of the molecule is c1ccc2c(N3CCC(c4cn[nH]c4)CC3)ncnc2c1. The minimum atomic E-state index is 0.605. The number of rotatable bonds is 2. The van der Waals surface area contributed by atoms with Crippen molar-refractivity contribution in [2.24, 2.45) is 0 Å². The van der Waals surface area contributed by atoms with E-state index in [1.807, 2.05) is 30.6 Å². The number of benzene rings is 1. The summed E-state index contributed by atoms with van der Waals surface area (Å²) >= 11 is 0. The summed E-state index contributed by atoms with van der Waals surface area (Å²) in [5.41, 5.74) is 2.33. The molecule has 1 aromatic carbocycles. The van der Waals surface area contributed by atoms with E-state index < -0.39 is 0 Å². The average molecular weight is 279 g/mol. The van der Waals surface area contributed by atoms with Gasteiger partial charge in [-0.15, -0.1) is 0 Å². The quantitative estimate of drug-likeness (QED) is 0.783. The number of piperidine rings is 1. The molecule has 4 rings (SSSR count). The largest absolute Gasteiger partial charge is 0.356 e. The molecule has 0 amide bonds. The van der Waals surface area contributed by atoms with Crippen LogP contribution in [0.1, 0.15) is 24.3 Å². The van der Waals surface area contributed by atoms with Gasteiger partial charge in [0.1, 0.15) is 12.1 Å². The molecule has 5 heteroatoms. The van der Waals surface area contributed by atoms with E-state index in [1.54, 1.807) is 6.33 Å². The third-order valence-electron chi connectivity index (χ3n) is 4.31. The van der Waals surface area contributed by atoms with Crippen LogP contribution >= 0.6 is 0 Å². The first-order chi connectivity index (χ1) is 10.4. The molecule has 2 aromatic heterocycles. The van der Waals surface area contributed by atoms with Crippen molar-refractivity contribution in [2.75, 3.05) is 18.0 Å². The number of hydrogen-bond acceptors (Lipinski definition) is 4. The Bertz CT molecular complexity index is 724. The first kappa shape index (κ1) is 12.3. The Kier molecular flexibility index (Phi) is 3.03. The summed E-state index contributed by atoms with van der Waals surface area (Å²) < 4.78 is 0. The molecule has 1 saturated heterocycles. The molecule has 21 heavy (non-hydrogen) atoms. The van der Waals surface area contributed by atoms with Gasteiger partial charge in [-0.3, -0.25) is 5.10 Å². The van der Waals surface area contributed by atoms with Crippen LogP contribution in [0.3, 0.4) is 0 Å². The van der Waals surface area contributed by atoms with E-state index >= 15 is 0 Å². The first-order valence-corrected chi connectivity index (χ1v) is 7.35. The van der Waals surface area contributed by atoms with Crippen molar-refractivity contribution < 1.29 is 0 Å². The van der Waals surface area contributed by atoms with E-state index in [-0.39, 0.29) is 0 Å². The van der Waals surface area contributed by atoms with Gasteiger partial charge in [0.05, 0.1) is 11.7 Å². The van der Waals surface area contributed by atoms with Gasteiger partial charge in [0.2, 0.25) is 0 Å². The van der Waals surface area contributed by atoms with Crippen LogP contribution in [0.25, 0.3) is 10.9 Å². The summed E-state index contributed by atoms with van der Waals surface area (Å²) in [4.78, 5) is 11.2. The van der Waals surface area contributed by atoms with E-state index in [2.05, 4.69) is 31.1 Å². The number of aromatic nitrogens is 4. The van der Waals surface area contributed by atoms with Crippen LogP contribution in [0.5, 0.6) is 0 Å². The van der Waals surface area contributed by atoms with Crippen LogP contribution in [0.15, 0.2) is 43.0 Å². The molecule has 1 aliphatic heterocycles. The molecule has 1 N–H and O–H groups in total. The van der Waals surface area contributed by atoms with E-state index in [0.717, 1.165) is 42.7 Å². The second kappa shape index (κ2) is 5.16. The van der Waals surface area contributed by atoms with Crippen molar-refractivity contribution >= 4 is 16.7 Å². The Labute approximate surface area is 123 Å². The van der Waals surface area contributed by atoms with Crippen LogP contribution in [0.4, 0.5) is 5.82 Å². The molecule has 0 radical (unpaired) electrons. The van der Waals surface area contributed by atoms with Crippen LogP contribution in [-0.4, -0.2) is 33.3 Å². The Morgan fingerprint density at radius 1 is 1.10 bits per heavy atom. The number of anilines is 1. The normalized spacial score (nSPS) is 16.5. The Balaban J connectivity index is 1.58. The molecule has 1 fully saturated rings. The maximum atomic E-state index is 4.51. The van der Waals surface area contributed by atoms with E-state index in [1.165, 1.54) is 5.56 Å². The third kappa shape index (κ3) is 2.24. The van der Waals surface area contributed by atoms with Gasteiger partial charge in [-0.2, -0.15) is 5.10 Å². The van der Waals surface area contributed by atoms with E-state index in [4.69, 9.17) is 0 Å². The number of para-hydroxylation sites is 1. The summed E-state index contributed by atoms with van der Waals surface area (Å²) in [6.07, 6.45) is 7.90. The molecule has 0 unspecified atom stereocenters. The molecule has 0 aliphatic carbocycles. The van der Waals surface area contributed by atoms with Gasteiger partial charge in [-0.25, -0.2) is 9.97 Å². The lowest BCUT2D eigenvalue weighted by Crippen LogP contribution is -2.33. The number of aromatic amines is 1. The maximum Gasteiger partial charge on any atom is 0.139 e. The number of fused-ring (bicyclic) bond motifs is 1. The number of nitrogens with one attached hydrogen (secondary N) is 1. The van der Waals surface area contributed by atoms with Crippen molar-refractivity contribution in [3.05, 3.63) is 48.5 Å². The fourth-order valence-corrected chi connectivity index (χ4v) is 3.15. The second-order valence-electron chi connectivity index (χ2n) is 5.51. The monoisotopic (exact) mass is 279 g/mol. The molecular formula is C16H17N5. The molecule has 3 heterocycles. The zero-order chi connectivity index (χ0) is 14.1. The molecule has 1 aliphatic rings. The molecule has 0 saturated carbocycles. The number of H-pyrrole nitrogens is 1. The topological polar surface area (TPSA) is 57.7 Å². The molecule has 3 aromatic rings. The van der Waals surface area contributed by atoms with Gasteiger partial charge >= 0.3 is 0 Å². The standard InChI is InChI=1S/C16H17N5/c1-2-4-15-14(3-1)16(18-11-17-15)21-7-5-12(6-8-21)13-9-19-20-10-13/h1-4,9-12H,5-8H2,(H,19,20). The highest BCUT2D eigenvalue weighted by Gasteiger charge is 2.23. The molecule has 0 bridgehead atoms. The smallest absolute Gasteiger partial charge is 0.139 e. The molecule has 0 spiro atoms. The van der Waals surface area contributed by atoms with Gasteiger partial charge < -0.3 is 4.90 Å². The fraction of sp³-hybridized carbons (Fsp3) is 0.312. The summed E-state index contributed by atoms with van der Waals surface area (Å²) in [5, 5.41) is 8.11. The highest BCUT2D eigenvalue weighted by Crippen LogP contribution is 2.31. The Hall–Kier alpha value is -2.43. The molecule has 0 atom stereocenters. The van der Waals surface area contributed by atoms with Crippen LogP contribution in [-0.2, 0) is 0 Å². The van der Waals surface area contributed by atoms with Gasteiger partial charge in [0.15, 0.2) is 0 Å². The van der Waals surface area contributed by atoms with E-state index in [9.17, 15) is 0 Å². The van der Waals surface area contributed by atoms with E-state index in [0.29, 0.717) is 5.92 Å². The van der Waals surface area contributed by atoms with Crippen LogP contribution < -0.4 is 4.90 Å². The van der Waals surface area contributed by atoms with Crippen molar-refractivity contribution in [1.82, 2.24) is 20.2 Å². The Morgan fingerprint density at radius 2 is 1.95 bits per heavy atom. The highest BCUT2D eigenvalue weighted by molar-refractivity contribution is 5.89.